The number of aromatic nitrogens is 2. The predicted molar refractivity (Wildman–Crippen MR) is 83.4 cm³/mol. The van der Waals surface area contributed by atoms with Gasteiger partial charge < -0.3 is 14.8 Å². The van der Waals surface area contributed by atoms with Crippen LogP contribution in [0.15, 0.2) is 30.5 Å². The second kappa shape index (κ2) is 6.04. The van der Waals surface area contributed by atoms with Gasteiger partial charge in [-0.1, -0.05) is 24.3 Å². The summed E-state index contributed by atoms with van der Waals surface area (Å²) in [7, 11) is 0. The molecule has 2 aromatic rings. The number of carbonyl (C=O) groups is 1. The lowest BCUT2D eigenvalue weighted by atomic mass is 9.99. The fourth-order valence-electron chi connectivity index (χ4n) is 3.07. The molecule has 1 amide bonds. The van der Waals surface area contributed by atoms with Gasteiger partial charge in [-0.15, -0.1) is 0 Å². The minimum absolute atomic E-state index is 0.00108. The van der Waals surface area contributed by atoms with Crippen LogP contribution < -0.4 is 10.1 Å². The maximum Gasteiger partial charge on any atom is 0.258 e. The Kier molecular flexibility index (Phi) is 3.75. The molecule has 2 aliphatic rings. The zero-order valence-corrected chi connectivity index (χ0v) is 12.8. The van der Waals surface area contributed by atoms with Crippen molar-refractivity contribution in [3.05, 3.63) is 47.2 Å². The van der Waals surface area contributed by atoms with Crippen LogP contribution in [0.1, 0.15) is 27.9 Å². The number of fused-ring (bicyclic) bond motifs is 2. The highest BCUT2D eigenvalue weighted by atomic mass is 16.5. The Bertz CT molecular complexity index is 726. The van der Waals surface area contributed by atoms with Crippen molar-refractivity contribution in [1.29, 1.82) is 0 Å². The van der Waals surface area contributed by atoms with Crippen LogP contribution in [0, 0.1) is 0 Å². The van der Waals surface area contributed by atoms with E-state index in [4.69, 9.17) is 9.47 Å². The van der Waals surface area contributed by atoms with Gasteiger partial charge in [0.15, 0.2) is 0 Å². The molecule has 0 saturated heterocycles. The number of benzene rings is 1. The Morgan fingerprint density at radius 1 is 1.35 bits per heavy atom. The smallest absolute Gasteiger partial charge is 0.258 e. The number of aryl methyl sites for hydroxylation is 1. The van der Waals surface area contributed by atoms with Crippen LogP contribution in [0.5, 0.6) is 5.88 Å². The first-order chi connectivity index (χ1) is 11.3. The zero-order valence-electron chi connectivity index (χ0n) is 12.8. The Morgan fingerprint density at radius 2 is 2.22 bits per heavy atom. The molecule has 0 aliphatic carbocycles. The van der Waals surface area contributed by atoms with Gasteiger partial charge >= 0.3 is 0 Å². The maximum absolute atomic E-state index is 12.4. The fourth-order valence-corrected chi connectivity index (χ4v) is 3.07. The number of ether oxygens (including phenoxy) is 2. The van der Waals surface area contributed by atoms with E-state index >= 15 is 0 Å². The largest absolute Gasteiger partial charge is 0.477 e. The van der Waals surface area contributed by atoms with Gasteiger partial charge in [0.05, 0.1) is 25.5 Å². The molecule has 6 nitrogen and oxygen atoms in total. The quantitative estimate of drug-likeness (QED) is 0.933. The first kappa shape index (κ1) is 14.3. The van der Waals surface area contributed by atoms with Crippen molar-refractivity contribution in [2.45, 2.75) is 32.1 Å². The molecule has 3 heterocycles. The van der Waals surface area contributed by atoms with Crippen molar-refractivity contribution in [1.82, 2.24) is 15.1 Å². The maximum atomic E-state index is 12.4. The van der Waals surface area contributed by atoms with E-state index in [1.54, 1.807) is 10.9 Å². The summed E-state index contributed by atoms with van der Waals surface area (Å²) < 4.78 is 13.1. The van der Waals surface area contributed by atoms with Crippen LogP contribution in [-0.2, 0) is 24.3 Å². The molecule has 0 radical (unpaired) electrons. The highest BCUT2D eigenvalue weighted by Crippen LogP contribution is 2.23. The monoisotopic (exact) mass is 313 g/mol. The summed E-state index contributed by atoms with van der Waals surface area (Å²) in [5.74, 6) is 0.416. The van der Waals surface area contributed by atoms with Crippen LogP contribution in [0.25, 0.3) is 0 Å². The van der Waals surface area contributed by atoms with E-state index in [0.717, 1.165) is 19.4 Å². The van der Waals surface area contributed by atoms with Gasteiger partial charge in [-0.3, -0.25) is 4.79 Å². The van der Waals surface area contributed by atoms with Gasteiger partial charge in [0, 0.05) is 25.9 Å². The third-order valence-electron chi connectivity index (χ3n) is 4.32. The lowest BCUT2D eigenvalue weighted by Crippen LogP contribution is -2.37. The van der Waals surface area contributed by atoms with Gasteiger partial charge in [0.25, 0.3) is 5.91 Å². The van der Waals surface area contributed by atoms with Crippen molar-refractivity contribution in [2.75, 3.05) is 13.2 Å². The van der Waals surface area contributed by atoms with Crippen molar-refractivity contribution in [2.24, 2.45) is 0 Å². The summed E-state index contributed by atoms with van der Waals surface area (Å²) in [4.78, 5) is 12.4. The molecule has 1 aromatic heterocycles. The Morgan fingerprint density at radius 3 is 3.13 bits per heavy atom. The van der Waals surface area contributed by atoms with E-state index in [-0.39, 0.29) is 12.0 Å². The SMILES string of the molecule is O=C(NC[C@H]1Cc2ccccc2CO1)c1cnn2c1OCCC2. The molecular weight excluding hydrogens is 294 g/mol. The molecular formula is C17H19N3O3. The van der Waals surface area contributed by atoms with E-state index < -0.39 is 0 Å². The highest BCUT2D eigenvalue weighted by molar-refractivity contribution is 5.96. The van der Waals surface area contributed by atoms with Gasteiger partial charge in [0.1, 0.15) is 5.56 Å². The first-order valence-corrected chi connectivity index (χ1v) is 7.96. The lowest BCUT2D eigenvalue weighted by molar-refractivity contribution is 0.0284. The molecule has 0 saturated carbocycles. The predicted octanol–water partition coefficient (Wildman–Crippen LogP) is 1.54. The third-order valence-corrected chi connectivity index (χ3v) is 4.32. The highest BCUT2D eigenvalue weighted by Gasteiger charge is 2.23. The minimum atomic E-state index is -0.157. The first-order valence-electron chi connectivity index (χ1n) is 7.96. The number of hydrogen-bond acceptors (Lipinski definition) is 4. The number of hydrogen-bond donors (Lipinski definition) is 1. The number of rotatable bonds is 3. The van der Waals surface area contributed by atoms with Gasteiger partial charge in [-0.05, 0) is 11.1 Å². The topological polar surface area (TPSA) is 65.4 Å². The second-order valence-corrected chi connectivity index (χ2v) is 5.90. The summed E-state index contributed by atoms with van der Waals surface area (Å²) in [6.07, 6.45) is 3.32. The van der Waals surface area contributed by atoms with Crippen LogP contribution in [0.2, 0.25) is 0 Å². The summed E-state index contributed by atoms with van der Waals surface area (Å²) >= 11 is 0. The normalized spacial score (nSPS) is 19.4. The Hall–Kier alpha value is -2.34. The molecule has 0 fully saturated rings. The molecule has 2 aliphatic heterocycles. The summed E-state index contributed by atoms with van der Waals surface area (Å²) in [5, 5.41) is 7.14. The lowest BCUT2D eigenvalue weighted by Gasteiger charge is -2.25. The Balaban J connectivity index is 1.38. The average Bonchev–Trinajstić information content (AvgIpc) is 3.03. The van der Waals surface area contributed by atoms with E-state index in [2.05, 4.69) is 22.5 Å². The number of carbonyl (C=O) groups excluding carboxylic acids is 1. The van der Waals surface area contributed by atoms with E-state index in [1.165, 1.54) is 11.1 Å². The van der Waals surface area contributed by atoms with Crippen molar-refractivity contribution < 1.29 is 14.3 Å². The molecule has 120 valence electrons. The molecule has 1 atom stereocenters. The average molecular weight is 313 g/mol. The van der Waals surface area contributed by atoms with Crippen LogP contribution >= 0.6 is 0 Å². The molecule has 4 rings (SSSR count). The summed E-state index contributed by atoms with van der Waals surface area (Å²) in [5.41, 5.74) is 3.03. The molecule has 23 heavy (non-hydrogen) atoms. The van der Waals surface area contributed by atoms with E-state index in [9.17, 15) is 4.79 Å². The third kappa shape index (κ3) is 2.82. The van der Waals surface area contributed by atoms with Gasteiger partial charge in [-0.2, -0.15) is 5.10 Å². The molecule has 6 heteroatoms. The molecule has 0 bridgehead atoms. The number of nitrogens with one attached hydrogen (secondary N) is 1. The Labute approximate surface area is 134 Å². The second-order valence-electron chi connectivity index (χ2n) is 5.90. The molecule has 0 unspecified atom stereocenters. The summed E-state index contributed by atoms with van der Waals surface area (Å²) in [6, 6.07) is 8.26. The zero-order chi connectivity index (χ0) is 15.6. The molecule has 1 N–H and O–H groups in total. The van der Waals surface area contributed by atoms with Crippen molar-refractivity contribution in [3.8, 4) is 5.88 Å². The number of amides is 1. The fraction of sp³-hybridized carbons (Fsp3) is 0.412. The number of nitrogens with zero attached hydrogens (tertiary/aromatic N) is 2. The van der Waals surface area contributed by atoms with E-state index in [0.29, 0.717) is 31.2 Å². The molecule has 1 aromatic carbocycles. The minimum Gasteiger partial charge on any atom is -0.477 e. The van der Waals surface area contributed by atoms with Gasteiger partial charge in [0.2, 0.25) is 5.88 Å². The van der Waals surface area contributed by atoms with Crippen LogP contribution in [0.4, 0.5) is 0 Å². The molecule has 0 spiro atoms. The van der Waals surface area contributed by atoms with E-state index in [1.807, 2.05) is 12.1 Å². The van der Waals surface area contributed by atoms with Crippen LogP contribution in [0.3, 0.4) is 0 Å². The van der Waals surface area contributed by atoms with Gasteiger partial charge in [-0.25, -0.2) is 4.68 Å². The van der Waals surface area contributed by atoms with Crippen LogP contribution in [-0.4, -0.2) is 34.9 Å². The van der Waals surface area contributed by atoms with Crippen molar-refractivity contribution >= 4 is 5.91 Å². The standard InChI is InChI=1S/C17H19N3O3/c21-16(15-10-19-20-6-3-7-22-17(15)20)18-9-14-8-12-4-1-2-5-13(12)11-23-14/h1-2,4-5,10,14H,3,6-9,11H2,(H,18,21)/t14-/m1/s1. The van der Waals surface area contributed by atoms with Crippen molar-refractivity contribution in [3.63, 3.8) is 0 Å². The summed E-state index contributed by atoms with van der Waals surface area (Å²) in [6.45, 7) is 2.51.